The number of hydrogen-bond acceptors (Lipinski definition) is 5. The van der Waals surface area contributed by atoms with Crippen molar-refractivity contribution in [3.63, 3.8) is 0 Å². The average molecular weight is 299 g/mol. The number of ether oxygens (including phenoxy) is 2. The van der Waals surface area contributed by atoms with Crippen molar-refractivity contribution in [2.75, 3.05) is 6.61 Å². The van der Waals surface area contributed by atoms with Gasteiger partial charge in [-0.2, -0.15) is 0 Å². The predicted molar refractivity (Wildman–Crippen MR) is 76.7 cm³/mol. The molecule has 2 aliphatic heterocycles. The molecule has 0 bridgehead atoms. The summed E-state index contributed by atoms with van der Waals surface area (Å²) in [6, 6.07) is 0. The smallest absolute Gasteiger partial charge is 0.408 e. The van der Waals surface area contributed by atoms with E-state index in [1.54, 1.807) is 6.92 Å². The molecule has 0 N–H and O–H groups in total. The van der Waals surface area contributed by atoms with E-state index in [0.29, 0.717) is 10.8 Å². The van der Waals surface area contributed by atoms with Crippen LogP contribution in [-0.4, -0.2) is 41.0 Å². The highest BCUT2D eigenvalue weighted by Gasteiger charge is 2.53. The quantitative estimate of drug-likeness (QED) is 0.589. The Morgan fingerprint density at radius 2 is 2.14 bits per heavy atom. The largest absolute Gasteiger partial charge is 0.458 e. The Labute approximate surface area is 125 Å². The minimum Gasteiger partial charge on any atom is -0.458 e. The molecule has 120 valence electrons. The third-order valence-corrected chi connectivity index (χ3v) is 4.35. The minimum atomic E-state index is -0.662. The van der Waals surface area contributed by atoms with E-state index in [1.807, 2.05) is 13.8 Å². The first kappa shape index (κ1) is 16.1. The maximum atomic E-state index is 12.1. The highest BCUT2D eigenvalue weighted by atomic mass is 16.9. The van der Waals surface area contributed by atoms with E-state index < -0.39 is 17.7 Å². The van der Waals surface area contributed by atoms with Crippen LogP contribution in [0, 0.1) is 17.0 Å². The van der Waals surface area contributed by atoms with Gasteiger partial charge in [0.15, 0.2) is 6.10 Å². The molecule has 0 aromatic carbocycles. The molecule has 0 spiro atoms. The molecule has 0 radical (unpaired) electrons. The van der Waals surface area contributed by atoms with Crippen molar-refractivity contribution < 1.29 is 24.0 Å². The number of esters is 1. The van der Waals surface area contributed by atoms with Crippen molar-refractivity contribution in [1.29, 1.82) is 0 Å². The average Bonchev–Trinajstić information content (AvgIpc) is 2.37. The fraction of sp³-hybridized carbons (Fsp3) is 0.867. The molecule has 3 atom stereocenters. The lowest BCUT2D eigenvalue weighted by Gasteiger charge is -2.47. The fourth-order valence-electron chi connectivity index (χ4n) is 3.13. The first-order chi connectivity index (χ1) is 9.77. The third kappa shape index (κ3) is 3.00. The van der Waals surface area contributed by atoms with E-state index in [4.69, 9.17) is 14.3 Å². The van der Waals surface area contributed by atoms with E-state index in [1.165, 1.54) is 0 Å². The van der Waals surface area contributed by atoms with Crippen molar-refractivity contribution in [2.24, 2.45) is 11.8 Å². The van der Waals surface area contributed by atoms with Gasteiger partial charge in [0.05, 0.1) is 23.2 Å². The lowest BCUT2D eigenvalue weighted by molar-refractivity contribution is -0.774. The van der Waals surface area contributed by atoms with Crippen molar-refractivity contribution in [3.05, 3.63) is 5.21 Å². The number of nitrogens with zero attached hydrogens (tertiary/aromatic N) is 1. The SMILES string of the molecule is CCOC(=O)C1=[N+]([O-])OC(C)(C)[C@H]2CC[C@H](C(C)C)O[C@H]12. The number of carbonyl (C=O) groups excluding carboxylic acids is 1. The van der Waals surface area contributed by atoms with Gasteiger partial charge in [-0.15, -0.1) is 0 Å². The lowest BCUT2D eigenvalue weighted by atomic mass is 9.76. The summed E-state index contributed by atoms with van der Waals surface area (Å²) >= 11 is 0. The molecular weight excluding hydrogens is 274 g/mol. The number of fused-ring (bicyclic) bond motifs is 1. The molecule has 0 aromatic heterocycles. The fourth-order valence-corrected chi connectivity index (χ4v) is 3.13. The molecule has 6 nitrogen and oxygen atoms in total. The Morgan fingerprint density at radius 3 is 2.71 bits per heavy atom. The Balaban J connectivity index is 2.35. The monoisotopic (exact) mass is 299 g/mol. The molecule has 2 heterocycles. The van der Waals surface area contributed by atoms with Gasteiger partial charge >= 0.3 is 11.7 Å². The van der Waals surface area contributed by atoms with E-state index in [0.717, 1.165) is 12.8 Å². The number of rotatable bonds is 3. The predicted octanol–water partition coefficient (Wildman–Crippen LogP) is 2.04. The molecule has 0 saturated carbocycles. The van der Waals surface area contributed by atoms with E-state index in [9.17, 15) is 10.0 Å². The van der Waals surface area contributed by atoms with Gasteiger partial charge < -0.3 is 14.3 Å². The Hall–Kier alpha value is -1.30. The van der Waals surface area contributed by atoms with E-state index in [-0.39, 0.29) is 24.3 Å². The lowest BCUT2D eigenvalue weighted by Crippen LogP contribution is -2.60. The maximum Gasteiger partial charge on any atom is 0.408 e. The van der Waals surface area contributed by atoms with Crippen molar-refractivity contribution >= 4 is 11.7 Å². The summed E-state index contributed by atoms with van der Waals surface area (Å²) in [5, 5.41) is 12.1. The second-order valence-corrected chi connectivity index (χ2v) is 6.58. The van der Waals surface area contributed by atoms with Gasteiger partial charge in [-0.1, -0.05) is 13.8 Å². The van der Waals surface area contributed by atoms with Gasteiger partial charge in [-0.3, -0.25) is 5.21 Å². The van der Waals surface area contributed by atoms with Crippen LogP contribution >= 0.6 is 0 Å². The molecule has 0 aliphatic carbocycles. The van der Waals surface area contributed by atoms with Crippen LogP contribution in [0.1, 0.15) is 47.5 Å². The summed E-state index contributed by atoms with van der Waals surface area (Å²) in [5.74, 6) is -0.347. The zero-order valence-corrected chi connectivity index (χ0v) is 13.4. The molecule has 0 unspecified atom stereocenters. The van der Waals surface area contributed by atoms with E-state index in [2.05, 4.69) is 13.8 Å². The molecule has 2 aliphatic rings. The summed E-state index contributed by atoms with van der Waals surface area (Å²) < 4.78 is 11.1. The van der Waals surface area contributed by atoms with E-state index >= 15 is 0 Å². The van der Waals surface area contributed by atoms with Crippen LogP contribution < -0.4 is 0 Å². The van der Waals surface area contributed by atoms with Crippen molar-refractivity contribution in [3.8, 4) is 0 Å². The summed E-state index contributed by atoms with van der Waals surface area (Å²) in [6.45, 7) is 9.79. The third-order valence-electron chi connectivity index (χ3n) is 4.35. The molecule has 6 heteroatoms. The second-order valence-electron chi connectivity index (χ2n) is 6.58. The Bertz CT molecular complexity index is 443. The molecule has 0 amide bonds. The van der Waals surface area contributed by atoms with Crippen LogP contribution in [-0.2, 0) is 19.1 Å². The highest BCUT2D eigenvalue weighted by Crippen LogP contribution is 2.40. The molecule has 1 fully saturated rings. The standard InChI is InChI=1S/C15H25NO5/c1-6-19-14(17)12-13-10(15(4,5)21-16(12)18)7-8-11(20-13)9(2)3/h9-11,13H,6-8H2,1-5H3/t10-,11+,13-/m0/s1. The van der Waals surface area contributed by atoms with Gasteiger partial charge in [0.2, 0.25) is 0 Å². The van der Waals surface area contributed by atoms with Gasteiger partial charge in [0.1, 0.15) is 0 Å². The first-order valence-electron chi connectivity index (χ1n) is 7.63. The summed E-state index contributed by atoms with van der Waals surface area (Å²) in [7, 11) is 0. The van der Waals surface area contributed by atoms with Crippen molar-refractivity contribution in [2.45, 2.75) is 65.3 Å². The van der Waals surface area contributed by atoms with Gasteiger partial charge in [0.25, 0.3) is 0 Å². The second kappa shape index (κ2) is 5.83. The summed E-state index contributed by atoms with van der Waals surface area (Å²) in [6.07, 6.45) is 1.24. The molecule has 1 saturated heterocycles. The highest BCUT2D eigenvalue weighted by molar-refractivity contribution is 6.36. The Kier molecular flexibility index (Phi) is 4.46. The molecule has 0 aromatic rings. The van der Waals surface area contributed by atoms with Crippen LogP contribution in [0.15, 0.2) is 0 Å². The van der Waals surface area contributed by atoms with Crippen LogP contribution in [0.4, 0.5) is 0 Å². The van der Waals surface area contributed by atoms with Crippen LogP contribution in [0.25, 0.3) is 0 Å². The summed E-state index contributed by atoms with van der Waals surface area (Å²) in [4.78, 5) is 17.8. The normalized spacial score (nSPS) is 31.6. The van der Waals surface area contributed by atoms with Crippen LogP contribution in [0.2, 0.25) is 0 Å². The molecule has 21 heavy (non-hydrogen) atoms. The molecule has 2 rings (SSSR count). The Morgan fingerprint density at radius 1 is 1.48 bits per heavy atom. The zero-order valence-electron chi connectivity index (χ0n) is 13.4. The maximum absolute atomic E-state index is 12.1. The number of hydrogen-bond donors (Lipinski definition) is 0. The molecular formula is C15H25NO5. The van der Waals surface area contributed by atoms with Gasteiger partial charge in [0, 0.05) is 5.92 Å². The zero-order chi connectivity index (χ0) is 15.8. The topological polar surface area (TPSA) is 70.8 Å². The minimum absolute atomic E-state index is 0.0305. The van der Waals surface area contributed by atoms with Gasteiger partial charge in [-0.05, 0) is 39.5 Å². The number of carbonyl (C=O) groups is 1. The van der Waals surface area contributed by atoms with Crippen LogP contribution in [0.5, 0.6) is 0 Å². The van der Waals surface area contributed by atoms with Crippen molar-refractivity contribution in [1.82, 2.24) is 0 Å². The van der Waals surface area contributed by atoms with Crippen LogP contribution in [0.3, 0.4) is 0 Å². The first-order valence-corrected chi connectivity index (χ1v) is 7.63. The van der Waals surface area contributed by atoms with Gasteiger partial charge in [-0.25, -0.2) is 4.79 Å². The summed E-state index contributed by atoms with van der Waals surface area (Å²) in [5.41, 5.74) is -0.726.